The molecule has 0 radical (unpaired) electrons. The SMILES string of the molecule is O=C(N[C@@H]1c2ccccc2C[C@@H]1O)c1ccc(-c2ccccc2)[nH]c1=O. The van der Waals surface area contributed by atoms with Gasteiger partial charge < -0.3 is 15.4 Å². The van der Waals surface area contributed by atoms with E-state index < -0.39 is 23.6 Å². The zero-order valence-corrected chi connectivity index (χ0v) is 14.0. The van der Waals surface area contributed by atoms with Gasteiger partial charge in [0.05, 0.1) is 12.1 Å². The van der Waals surface area contributed by atoms with Crippen LogP contribution in [0.25, 0.3) is 11.3 Å². The molecule has 3 N–H and O–H groups in total. The first-order valence-corrected chi connectivity index (χ1v) is 8.49. The Morgan fingerprint density at radius 2 is 1.73 bits per heavy atom. The Balaban J connectivity index is 1.59. The van der Waals surface area contributed by atoms with Crippen molar-refractivity contribution in [3.05, 3.63) is 93.8 Å². The molecule has 0 fully saturated rings. The molecular formula is C21H18N2O3. The van der Waals surface area contributed by atoms with Gasteiger partial charge in [0.15, 0.2) is 0 Å². The van der Waals surface area contributed by atoms with Gasteiger partial charge in [-0.15, -0.1) is 0 Å². The van der Waals surface area contributed by atoms with Crippen LogP contribution in [0.4, 0.5) is 0 Å². The second-order valence-corrected chi connectivity index (χ2v) is 6.40. The van der Waals surface area contributed by atoms with Crippen molar-refractivity contribution in [3.63, 3.8) is 0 Å². The molecule has 2 atom stereocenters. The van der Waals surface area contributed by atoms with Crippen LogP contribution in [0, 0.1) is 0 Å². The van der Waals surface area contributed by atoms with Gasteiger partial charge in [0.25, 0.3) is 11.5 Å². The fraction of sp³-hybridized carbons (Fsp3) is 0.143. The van der Waals surface area contributed by atoms with Crippen molar-refractivity contribution in [2.24, 2.45) is 0 Å². The van der Waals surface area contributed by atoms with E-state index in [4.69, 9.17) is 0 Å². The van der Waals surface area contributed by atoms with E-state index >= 15 is 0 Å². The summed E-state index contributed by atoms with van der Waals surface area (Å²) in [6.07, 6.45) is -0.205. The molecule has 1 heterocycles. The maximum atomic E-state index is 12.6. The number of aliphatic hydroxyl groups excluding tert-OH is 1. The molecule has 1 aliphatic carbocycles. The molecule has 2 aromatic carbocycles. The number of pyridine rings is 1. The summed E-state index contributed by atoms with van der Waals surface area (Å²) < 4.78 is 0. The third-order valence-electron chi connectivity index (χ3n) is 4.73. The second-order valence-electron chi connectivity index (χ2n) is 6.40. The number of hydrogen-bond acceptors (Lipinski definition) is 3. The van der Waals surface area contributed by atoms with Gasteiger partial charge in [0.2, 0.25) is 0 Å². The van der Waals surface area contributed by atoms with Crippen molar-refractivity contribution in [1.82, 2.24) is 10.3 Å². The molecule has 0 saturated heterocycles. The van der Waals surface area contributed by atoms with Crippen LogP contribution in [0.2, 0.25) is 0 Å². The third kappa shape index (κ3) is 2.93. The van der Waals surface area contributed by atoms with Crippen LogP contribution in [-0.2, 0) is 6.42 Å². The summed E-state index contributed by atoms with van der Waals surface area (Å²) in [5, 5.41) is 13.1. The lowest BCUT2D eigenvalue weighted by Gasteiger charge is -2.17. The van der Waals surface area contributed by atoms with Crippen LogP contribution in [0.15, 0.2) is 71.5 Å². The van der Waals surface area contributed by atoms with E-state index in [1.165, 1.54) is 6.07 Å². The third-order valence-corrected chi connectivity index (χ3v) is 4.73. The zero-order chi connectivity index (χ0) is 18.1. The van der Waals surface area contributed by atoms with Crippen LogP contribution in [0.3, 0.4) is 0 Å². The average Bonchev–Trinajstić information content (AvgIpc) is 2.98. The fourth-order valence-corrected chi connectivity index (χ4v) is 3.41. The summed E-state index contributed by atoms with van der Waals surface area (Å²) in [4.78, 5) is 27.7. The van der Waals surface area contributed by atoms with E-state index in [0.29, 0.717) is 12.1 Å². The van der Waals surface area contributed by atoms with Crippen molar-refractivity contribution < 1.29 is 9.90 Å². The Labute approximate surface area is 150 Å². The summed E-state index contributed by atoms with van der Waals surface area (Å²) in [6.45, 7) is 0. The minimum Gasteiger partial charge on any atom is -0.390 e. The predicted octanol–water partition coefficient (Wildman–Crippen LogP) is 2.43. The molecule has 3 aromatic rings. The van der Waals surface area contributed by atoms with E-state index in [0.717, 1.165) is 16.7 Å². The van der Waals surface area contributed by atoms with E-state index in [-0.39, 0.29) is 5.56 Å². The fourth-order valence-electron chi connectivity index (χ4n) is 3.41. The van der Waals surface area contributed by atoms with Gasteiger partial charge in [0.1, 0.15) is 5.56 Å². The van der Waals surface area contributed by atoms with Gasteiger partial charge >= 0.3 is 0 Å². The molecule has 130 valence electrons. The Bertz CT molecular complexity index is 1010. The number of aliphatic hydroxyl groups is 1. The summed E-state index contributed by atoms with van der Waals surface area (Å²) in [5.41, 5.74) is 3.00. The van der Waals surface area contributed by atoms with Gasteiger partial charge in [-0.3, -0.25) is 9.59 Å². The number of H-pyrrole nitrogens is 1. The molecule has 0 aliphatic heterocycles. The minimum absolute atomic E-state index is 0.0289. The van der Waals surface area contributed by atoms with Crippen molar-refractivity contribution in [2.45, 2.75) is 18.6 Å². The Morgan fingerprint density at radius 3 is 2.50 bits per heavy atom. The van der Waals surface area contributed by atoms with Gasteiger partial charge in [-0.05, 0) is 28.8 Å². The van der Waals surface area contributed by atoms with Crippen molar-refractivity contribution in [2.75, 3.05) is 0 Å². The number of carbonyl (C=O) groups is 1. The number of aromatic amines is 1. The van der Waals surface area contributed by atoms with E-state index in [2.05, 4.69) is 10.3 Å². The standard InChI is InChI=1S/C21H18N2O3/c24-18-12-14-8-4-5-9-15(14)19(18)23-21(26)16-10-11-17(22-20(16)25)13-6-2-1-3-7-13/h1-11,18-19,24H,12H2,(H,22,25)(H,23,26)/t18-,19+/m0/s1. The summed E-state index contributed by atoms with van der Waals surface area (Å²) >= 11 is 0. The zero-order valence-electron chi connectivity index (χ0n) is 14.0. The molecule has 5 heteroatoms. The molecule has 5 nitrogen and oxygen atoms in total. The smallest absolute Gasteiger partial charge is 0.261 e. The summed E-state index contributed by atoms with van der Waals surface area (Å²) in [5.74, 6) is -0.494. The van der Waals surface area contributed by atoms with Gasteiger partial charge in [-0.25, -0.2) is 0 Å². The van der Waals surface area contributed by atoms with Crippen molar-refractivity contribution >= 4 is 5.91 Å². The molecule has 26 heavy (non-hydrogen) atoms. The number of hydrogen-bond donors (Lipinski definition) is 3. The van der Waals surface area contributed by atoms with Gasteiger partial charge in [-0.1, -0.05) is 54.6 Å². The highest BCUT2D eigenvalue weighted by atomic mass is 16.3. The number of rotatable bonds is 3. The normalized spacial score (nSPS) is 18.3. The number of carbonyl (C=O) groups excluding carboxylic acids is 1. The summed E-state index contributed by atoms with van der Waals surface area (Å²) in [7, 11) is 0. The molecule has 1 aromatic heterocycles. The lowest BCUT2D eigenvalue weighted by molar-refractivity contribution is 0.0856. The monoisotopic (exact) mass is 346 g/mol. The van der Waals surface area contributed by atoms with Crippen molar-refractivity contribution in [3.8, 4) is 11.3 Å². The van der Waals surface area contributed by atoms with Gasteiger partial charge in [0, 0.05) is 12.1 Å². The number of amides is 1. The maximum absolute atomic E-state index is 12.6. The van der Waals surface area contributed by atoms with E-state index in [1.807, 2.05) is 54.6 Å². The summed E-state index contributed by atoms with van der Waals surface area (Å²) in [6, 6.07) is 19.8. The Kier molecular flexibility index (Phi) is 4.14. The largest absolute Gasteiger partial charge is 0.390 e. The molecular weight excluding hydrogens is 328 g/mol. The van der Waals surface area contributed by atoms with Crippen molar-refractivity contribution in [1.29, 1.82) is 0 Å². The molecule has 0 spiro atoms. The molecule has 0 saturated carbocycles. The predicted molar refractivity (Wildman–Crippen MR) is 98.9 cm³/mol. The lowest BCUT2D eigenvalue weighted by atomic mass is 10.1. The number of nitrogens with one attached hydrogen (secondary N) is 2. The lowest BCUT2D eigenvalue weighted by Crippen LogP contribution is -2.36. The highest BCUT2D eigenvalue weighted by Gasteiger charge is 2.32. The van der Waals surface area contributed by atoms with E-state index in [9.17, 15) is 14.7 Å². The van der Waals surface area contributed by atoms with Crippen LogP contribution in [0.1, 0.15) is 27.5 Å². The Morgan fingerprint density at radius 1 is 1.00 bits per heavy atom. The first-order chi connectivity index (χ1) is 12.6. The molecule has 0 unspecified atom stereocenters. The second kappa shape index (κ2) is 6.61. The van der Waals surface area contributed by atoms with Gasteiger partial charge in [-0.2, -0.15) is 0 Å². The number of aromatic nitrogens is 1. The van der Waals surface area contributed by atoms with Crippen LogP contribution in [0.5, 0.6) is 0 Å². The number of benzene rings is 2. The molecule has 1 amide bonds. The molecule has 0 bridgehead atoms. The minimum atomic E-state index is -0.695. The van der Waals surface area contributed by atoms with Crippen LogP contribution >= 0.6 is 0 Å². The highest BCUT2D eigenvalue weighted by molar-refractivity contribution is 5.94. The first-order valence-electron chi connectivity index (χ1n) is 8.49. The quantitative estimate of drug-likeness (QED) is 0.681. The highest BCUT2D eigenvalue weighted by Crippen LogP contribution is 2.31. The molecule has 1 aliphatic rings. The maximum Gasteiger partial charge on any atom is 0.261 e. The molecule has 4 rings (SSSR count). The average molecular weight is 346 g/mol. The number of fused-ring (bicyclic) bond motifs is 1. The topological polar surface area (TPSA) is 82.2 Å². The first kappa shape index (κ1) is 16.3. The van der Waals surface area contributed by atoms with Crippen LogP contribution < -0.4 is 10.9 Å². The Hall–Kier alpha value is -3.18. The van der Waals surface area contributed by atoms with Crippen LogP contribution in [-0.4, -0.2) is 22.1 Å². The van der Waals surface area contributed by atoms with E-state index in [1.54, 1.807) is 6.07 Å².